The van der Waals surface area contributed by atoms with Crippen molar-refractivity contribution in [3.8, 4) is 5.75 Å². The van der Waals surface area contributed by atoms with E-state index in [4.69, 9.17) is 20.9 Å². The predicted molar refractivity (Wildman–Crippen MR) is 126 cm³/mol. The summed E-state index contributed by atoms with van der Waals surface area (Å²) in [5.74, 6) is 1.58. The fraction of sp³-hybridized carbons (Fsp3) is 0.375. The Hall–Kier alpha value is -2.32. The van der Waals surface area contributed by atoms with E-state index in [2.05, 4.69) is 39.0 Å². The Morgan fingerprint density at radius 1 is 1.25 bits per heavy atom. The van der Waals surface area contributed by atoms with E-state index in [1.807, 2.05) is 25.1 Å². The van der Waals surface area contributed by atoms with Crippen LogP contribution < -0.4 is 4.74 Å². The minimum absolute atomic E-state index is 0.206. The molecule has 1 saturated heterocycles. The van der Waals surface area contributed by atoms with Gasteiger partial charge in [-0.1, -0.05) is 16.8 Å². The lowest BCUT2D eigenvalue weighted by Crippen LogP contribution is -2.31. The molecule has 4 aromatic rings. The molecule has 32 heavy (non-hydrogen) atoms. The van der Waals surface area contributed by atoms with Gasteiger partial charge >= 0.3 is 0 Å². The number of benzene rings is 1. The van der Waals surface area contributed by atoms with Gasteiger partial charge in [0.15, 0.2) is 0 Å². The van der Waals surface area contributed by atoms with Gasteiger partial charge in [0.25, 0.3) is 0 Å². The van der Waals surface area contributed by atoms with Crippen LogP contribution in [0.2, 0.25) is 4.34 Å². The van der Waals surface area contributed by atoms with Crippen LogP contribution in [0.25, 0.3) is 10.9 Å². The fourth-order valence-corrected chi connectivity index (χ4v) is 5.56. The van der Waals surface area contributed by atoms with Gasteiger partial charge in [0.2, 0.25) is 0 Å². The maximum Gasteiger partial charge on any atom is 0.134 e. The lowest BCUT2D eigenvalue weighted by Gasteiger charge is -2.22. The van der Waals surface area contributed by atoms with Gasteiger partial charge in [0.05, 0.1) is 17.5 Å². The third-order valence-corrected chi connectivity index (χ3v) is 7.25. The van der Waals surface area contributed by atoms with Gasteiger partial charge in [-0.25, -0.2) is 0 Å². The van der Waals surface area contributed by atoms with Gasteiger partial charge in [0, 0.05) is 40.6 Å². The summed E-state index contributed by atoms with van der Waals surface area (Å²) in [6.45, 7) is 5.04. The Bertz CT molecular complexity index is 1210. The lowest BCUT2D eigenvalue weighted by atomic mass is 10.1. The second-order valence-electron chi connectivity index (χ2n) is 8.33. The average molecular weight is 472 g/mol. The molecule has 0 unspecified atom stereocenters. The largest absolute Gasteiger partial charge is 0.487 e. The standard InChI is InChI=1S/C24H26ClN3O3S/c1-16-9-18(26-31-16)15-30-20-4-6-23-22(10-20)17(11-27-8-2-3-19(27)14-29)12-28(23)13-21-5-7-24(25)32-21/h4-7,9-10,12,19,29H,2-3,8,11,13-15H2,1H3/t19-/m0/s1. The maximum absolute atomic E-state index is 9.76. The summed E-state index contributed by atoms with van der Waals surface area (Å²) < 4.78 is 14.2. The van der Waals surface area contributed by atoms with Crippen LogP contribution in [0.5, 0.6) is 5.75 Å². The molecule has 8 heteroatoms. The number of likely N-dealkylation sites (tertiary alicyclic amines) is 1. The molecule has 1 fully saturated rings. The zero-order valence-corrected chi connectivity index (χ0v) is 19.5. The molecule has 1 aliphatic rings. The zero-order chi connectivity index (χ0) is 22.1. The van der Waals surface area contributed by atoms with Crippen molar-refractivity contribution >= 4 is 33.8 Å². The number of hydrogen-bond acceptors (Lipinski definition) is 6. The van der Waals surface area contributed by atoms with Crippen LogP contribution >= 0.6 is 22.9 Å². The molecule has 0 spiro atoms. The minimum Gasteiger partial charge on any atom is -0.487 e. The Morgan fingerprint density at radius 2 is 2.16 bits per heavy atom. The van der Waals surface area contributed by atoms with Gasteiger partial charge in [-0.2, -0.15) is 0 Å². The molecule has 4 heterocycles. The summed E-state index contributed by atoms with van der Waals surface area (Å²) in [5, 5.41) is 14.9. The molecule has 0 saturated carbocycles. The second-order valence-corrected chi connectivity index (χ2v) is 10.1. The second kappa shape index (κ2) is 9.27. The summed E-state index contributed by atoms with van der Waals surface area (Å²) >= 11 is 7.76. The van der Waals surface area contributed by atoms with Gasteiger partial charge in [0.1, 0.15) is 23.8 Å². The number of thiophene rings is 1. The van der Waals surface area contributed by atoms with E-state index in [1.54, 1.807) is 11.3 Å². The van der Waals surface area contributed by atoms with E-state index < -0.39 is 0 Å². The van der Waals surface area contributed by atoms with Crippen molar-refractivity contribution in [3.05, 3.63) is 68.8 Å². The Kier molecular flexibility index (Phi) is 6.24. The monoisotopic (exact) mass is 471 g/mol. The lowest BCUT2D eigenvalue weighted by molar-refractivity contribution is 0.154. The van der Waals surface area contributed by atoms with Gasteiger partial charge < -0.3 is 18.9 Å². The molecule has 1 atom stereocenters. The van der Waals surface area contributed by atoms with Crippen LogP contribution in [-0.2, 0) is 19.7 Å². The van der Waals surface area contributed by atoms with E-state index in [0.29, 0.717) is 6.61 Å². The molecule has 0 radical (unpaired) electrons. The molecule has 3 aromatic heterocycles. The summed E-state index contributed by atoms with van der Waals surface area (Å²) in [5.41, 5.74) is 3.18. The van der Waals surface area contributed by atoms with Crippen molar-refractivity contribution in [2.75, 3.05) is 13.2 Å². The summed E-state index contributed by atoms with van der Waals surface area (Å²) in [6, 6.07) is 12.4. The first-order chi connectivity index (χ1) is 15.6. The van der Waals surface area contributed by atoms with Crippen LogP contribution in [-0.4, -0.2) is 38.9 Å². The number of aliphatic hydroxyl groups is 1. The van der Waals surface area contributed by atoms with Gasteiger partial charge in [-0.05, 0) is 62.2 Å². The van der Waals surface area contributed by atoms with Crippen molar-refractivity contribution in [1.29, 1.82) is 0 Å². The molecule has 0 amide bonds. The van der Waals surface area contributed by atoms with E-state index >= 15 is 0 Å². The third kappa shape index (κ3) is 4.57. The molecule has 1 aromatic carbocycles. The number of aryl methyl sites for hydroxylation is 1. The zero-order valence-electron chi connectivity index (χ0n) is 18.0. The number of hydrogen-bond donors (Lipinski definition) is 1. The smallest absolute Gasteiger partial charge is 0.134 e. The quantitative estimate of drug-likeness (QED) is 0.381. The number of halogens is 1. The highest BCUT2D eigenvalue weighted by Gasteiger charge is 2.25. The molecule has 168 valence electrons. The number of aromatic nitrogens is 2. The number of fused-ring (bicyclic) bond motifs is 1. The van der Waals surface area contributed by atoms with Crippen LogP contribution in [0.4, 0.5) is 0 Å². The molecule has 5 rings (SSSR count). The Morgan fingerprint density at radius 3 is 2.91 bits per heavy atom. The summed E-state index contributed by atoms with van der Waals surface area (Å²) in [7, 11) is 0. The van der Waals surface area contributed by atoms with Crippen molar-refractivity contribution in [2.45, 2.75) is 45.5 Å². The first kappa shape index (κ1) is 21.5. The summed E-state index contributed by atoms with van der Waals surface area (Å²) in [6.07, 6.45) is 4.41. The number of rotatable bonds is 8. The molecule has 0 aliphatic carbocycles. The first-order valence-electron chi connectivity index (χ1n) is 10.8. The molecule has 1 aliphatic heterocycles. The molecule has 0 bridgehead atoms. The molecular formula is C24H26ClN3O3S. The average Bonchev–Trinajstić information content (AvgIpc) is 3.56. The minimum atomic E-state index is 0.206. The van der Waals surface area contributed by atoms with E-state index in [-0.39, 0.29) is 12.6 Å². The summed E-state index contributed by atoms with van der Waals surface area (Å²) in [4.78, 5) is 3.60. The number of ether oxygens (including phenoxy) is 1. The SMILES string of the molecule is Cc1cc(COc2ccc3c(c2)c(CN2CCC[C@H]2CO)cn3Cc2ccc(Cl)s2)no1. The normalized spacial score (nSPS) is 16.9. The number of aliphatic hydroxyl groups excluding tert-OH is 1. The predicted octanol–water partition coefficient (Wildman–Crippen LogP) is 5.24. The van der Waals surface area contributed by atoms with Crippen LogP contribution in [0.1, 0.15) is 34.7 Å². The van der Waals surface area contributed by atoms with Crippen LogP contribution in [0.15, 0.2) is 47.1 Å². The van der Waals surface area contributed by atoms with E-state index in [1.165, 1.54) is 15.8 Å². The van der Waals surface area contributed by atoms with Crippen molar-refractivity contribution in [1.82, 2.24) is 14.6 Å². The Balaban J connectivity index is 1.45. The highest BCUT2D eigenvalue weighted by molar-refractivity contribution is 7.16. The molecule has 6 nitrogen and oxygen atoms in total. The van der Waals surface area contributed by atoms with Gasteiger partial charge in [-0.3, -0.25) is 4.90 Å². The van der Waals surface area contributed by atoms with E-state index in [9.17, 15) is 5.11 Å². The van der Waals surface area contributed by atoms with E-state index in [0.717, 1.165) is 59.5 Å². The third-order valence-electron chi connectivity index (χ3n) is 6.04. The molecular weight excluding hydrogens is 446 g/mol. The fourth-order valence-electron chi connectivity index (χ4n) is 4.47. The van der Waals surface area contributed by atoms with Crippen molar-refractivity contribution < 1.29 is 14.4 Å². The van der Waals surface area contributed by atoms with Crippen molar-refractivity contribution in [2.24, 2.45) is 0 Å². The molecule has 1 N–H and O–H groups in total. The first-order valence-corrected chi connectivity index (χ1v) is 12.0. The number of nitrogens with zero attached hydrogens (tertiary/aromatic N) is 3. The van der Waals surface area contributed by atoms with Crippen molar-refractivity contribution in [3.63, 3.8) is 0 Å². The topological polar surface area (TPSA) is 63.7 Å². The van der Waals surface area contributed by atoms with Crippen LogP contribution in [0, 0.1) is 6.92 Å². The van der Waals surface area contributed by atoms with Gasteiger partial charge in [-0.15, -0.1) is 11.3 Å². The Labute approximate surface area is 196 Å². The highest BCUT2D eigenvalue weighted by atomic mass is 35.5. The van der Waals surface area contributed by atoms with Crippen LogP contribution in [0.3, 0.4) is 0 Å². The maximum atomic E-state index is 9.76. The highest BCUT2D eigenvalue weighted by Crippen LogP contribution is 2.31.